The second-order valence-electron chi connectivity index (χ2n) is 5.45. The van der Waals surface area contributed by atoms with Crippen molar-refractivity contribution in [3.05, 3.63) is 30.3 Å². The average molecular weight is 400 g/mol. The maximum Gasteiger partial charge on any atom is 0.335 e. The lowest BCUT2D eigenvalue weighted by molar-refractivity contribution is -0.183. The minimum absolute atomic E-state index is 0.00970. The first-order chi connectivity index (χ1) is 12.8. The molecule has 1 aromatic rings. The Labute approximate surface area is 158 Å². The van der Waals surface area contributed by atoms with Crippen LogP contribution in [0.15, 0.2) is 35.2 Å². The summed E-state index contributed by atoms with van der Waals surface area (Å²) in [6.45, 7) is 4.18. The van der Waals surface area contributed by atoms with Crippen LogP contribution in [0.25, 0.3) is 0 Å². The standard InChI is InChI=1S/C18H24O8S/c1-4-24-15(19)18(16(20)25-5-2,17(21)26-6-3)12-13-27(22,23)14-10-8-7-9-11-14/h7-11H,4-6,12-13H2,1-3H3. The lowest BCUT2D eigenvalue weighted by Gasteiger charge is -2.26. The van der Waals surface area contributed by atoms with E-state index in [2.05, 4.69) is 0 Å². The van der Waals surface area contributed by atoms with E-state index in [0.29, 0.717) is 0 Å². The van der Waals surface area contributed by atoms with Crippen molar-refractivity contribution in [3.63, 3.8) is 0 Å². The first-order valence-electron chi connectivity index (χ1n) is 8.55. The monoisotopic (exact) mass is 400 g/mol. The van der Waals surface area contributed by atoms with Gasteiger partial charge in [0.05, 0.1) is 30.5 Å². The highest BCUT2D eigenvalue weighted by Crippen LogP contribution is 2.30. The van der Waals surface area contributed by atoms with E-state index in [1.165, 1.54) is 32.9 Å². The molecule has 1 rings (SSSR count). The van der Waals surface area contributed by atoms with Crippen LogP contribution >= 0.6 is 0 Å². The fraction of sp³-hybridized carbons (Fsp3) is 0.500. The number of benzene rings is 1. The van der Waals surface area contributed by atoms with E-state index < -0.39 is 45.3 Å². The van der Waals surface area contributed by atoms with E-state index in [-0.39, 0.29) is 24.7 Å². The number of esters is 3. The van der Waals surface area contributed by atoms with Gasteiger partial charge in [0, 0.05) is 0 Å². The molecular weight excluding hydrogens is 376 g/mol. The molecule has 1 aromatic carbocycles. The van der Waals surface area contributed by atoms with Crippen LogP contribution in [0.1, 0.15) is 27.2 Å². The molecule has 0 radical (unpaired) electrons. The molecule has 0 N–H and O–H groups in total. The van der Waals surface area contributed by atoms with Gasteiger partial charge in [-0.2, -0.15) is 0 Å². The van der Waals surface area contributed by atoms with Crippen molar-refractivity contribution in [3.8, 4) is 0 Å². The fourth-order valence-corrected chi connectivity index (χ4v) is 3.73. The van der Waals surface area contributed by atoms with Gasteiger partial charge in [-0.15, -0.1) is 0 Å². The molecule has 8 nitrogen and oxygen atoms in total. The Hall–Kier alpha value is -2.42. The predicted octanol–water partition coefficient (Wildman–Crippen LogP) is 1.53. The second-order valence-corrected chi connectivity index (χ2v) is 7.56. The molecule has 0 bridgehead atoms. The van der Waals surface area contributed by atoms with Crippen molar-refractivity contribution in [2.45, 2.75) is 32.1 Å². The van der Waals surface area contributed by atoms with Gasteiger partial charge in [-0.1, -0.05) is 18.2 Å². The summed E-state index contributed by atoms with van der Waals surface area (Å²) in [5.41, 5.74) is -2.50. The molecule has 0 amide bonds. The van der Waals surface area contributed by atoms with Crippen molar-refractivity contribution in [2.75, 3.05) is 25.6 Å². The highest BCUT2D eigenvalue weighted by atomic mass is 32.2. The molecule has 0 atom stereocenters. The van der Waals surface area contributed by atoms with Crippen LogP contribution in [0.4, 0.5) is 0 Å². The third kappa shape index (κ3) is 5.29. The number of carbonyl (C=O) groups is 3. The van der Waals surface area contributed by atoms with Crippen molar-refractivity contribution < 1.29 is 37.0 Å². The van der Waals surface area contributed by atoms with Gasteiger partial charge in [0.25, 0.3) is 5.41 Å². The zero-order valence-electron chi connectivity index (χ0n) is 15.6. The van der Waals surface area contributed by atoms with Crippen LogP contribution < -0.4 is 0 Å². The molecule has 0 aliphatic heterocycles. The third-order valence-corrected chi connectivity index (χ3v) is 5.45. The molecule has 0 saturated carbocycles. The van der Waals surface area contributed by atoms with Crippen LogP contribution in [0.3, 0.4) is 0 Å². The average Bonchev–Trinajstić information content (AvgIpc) is 2.63. The zero-order valence-corrected chi connectivity index (χ0v) is 16.4. The summed E-state index contributed by atoms with van der Waals surface area (Å²) in [5.74, 6) is -4.21. The van der Waals surface area contributed by atoms with Gasteiger partial charge in [-0.25, -0.2) is 8.42 Å². The van der Waals surface area contributed by atoms with Gasteiger partial charge in [-0.05, 0) is 39.3 Å². The topological polar surface area (TPSA) is 113 Å². The molecule has 0 heterocycles. The van der Waals surface area contributed by atoms with Gasteiger partial charge < -0.3 is 14.2 Å². The number of sulfone groups is 1. The number of hydrogen-bond acceptors (Lipinski definition) is 8. The first kappa shape index (κ1) is 22.6. The molecule has 0 aliphatic carbocycles. The molecule has 0 spiro atoms. The van der Waals surface area contributed by atoms with Gasteiger partial charge in [0.2, 0.25) is 0 Å². The van der Waals surface area contributed by atoms with E-state index in [0.717, 1.165) is 0 Å². The van der Waals surface area contributed by atoms with Crippen LogP contribution in [-0.2, 0) is 38.4 Å². The van der Waals surface area contributed by atoms with E-state index in [1.807, 2.05) is 0 Å². The molecule has 27 heavy (non-hydrogen) atoms. The highest BCUT2D eigenvalue weighted by molar-refractivity contribution is 7.91. The maximum absolute atomic E-state index is 12.6. The minimum Gasteiger partial charge on any atom is -0.465 e. The summed E-state index contributed by atoms with van der Waals surface area (Å²) in [6, 6.07) is 7.51. The quantitative estimate of drug-likeness (QED) is 0.330. The smallest absolute Gasteiger partial charge is 0.335 e. The Bertz CT molecular complexity index is 709. The normalized spacial score (nSPS) is 11.5. The molecule has 0 unspecified atom stereocenters. The van der Waals surface area contributed by atoms with E-state index in [9.17, 15) is 22.8 Å². The zero-order chi connectivity index (χ0) is 20.5. The van der Waals surface area contributed by atoms with Gasteiger partial charge >= 0.3 is 17.9 Å². The molecule has 0 aromatic heterocycles. The number of ether oxygens (including phenoxy) is 3. The minimum atomic E-state index is -3.86. The SMILES string of the molecule is CCOC(=O)C(CCS(=O)(=O)c1ccccc1)(C(=O)OCC)C(=O)OCC. The van der Waals surface area contributed by atoms with Crippen molar-refractivity contribution in [1.29, 1.82) is 0 Å². The number of rotatable bonds is 10. The summed E-state index contributed by atoms with van der Waals surface area (Å²) >= 11 is 0. The van der Waals surface area contributed by atoms with E-state index in [4.69, 9.17) is 14.2 Å². The Morgan fingerprint density at radius 2 is 1.22 bits per heavy atom. The molecule has 0 fully saturated rings. The van der Waals surface area contributed by atoms with E-state index in [1.54, 1.807) is 18.2 Å². The van der Waals surface area contributed by atoms with Crippen LogP contribution in [-0.4, -0.2) is 51.9 Å². The first-order valence-corrected chi connectivity index (χ1v) is 10.2. The molecule has 0 aliphatic rings. The van der Waals surface area contributed by atoms with E-state index >= 15 is 0 Å². The summed E-state index contributed by atoms with van der Waals surface area (Å²) in [5, 5.41) is 0. The summed E-state index contributed by atoms with van der Waals surface area (Å²) in [6.07, 6.45) is -0.652. The maximum atomic E-state index is 12.6. The third-order valence-electron chi connectivity index (χ3n) is 3.72. The van der Waals surface area contributed by atoms with Crippen LogP contribution in [0.5, 0.6) is 0 Å². The van der Waals surface area contributed by atoms with Gasteiger partial charge in [0.1, 0.15) is 0 Å². The van der Waals surface area contributed by atoms with Crippen molar-refractivity contribution >= 4 is 27.7 Å². The Morgan fingerprint density at radius 1 is 0.815 bits per heavy atom. The largest absolute Gasteiger partial charge is 0.465 e. The molecule has 9 heteroatoms. The fourth-order valence-electron chi connectivity index (χ4n) is 2.35. The Morgan fingerprint density at radius 3 is 1.59 bits per heavy atom. The lowest BCUT2D eigenvalue weighted by Crippen LogP contribution is -2.50. The molecule has 150 valence electrons. The van der Waals surface area contributed by atoms with Crippen LogP contribution in [0.2, 0.25) is 0 Å². The molecular formula is C18H24O8S. The Kier molecular flexibility index (Phi) is 8.42. The molecule has 0 saturated heterocycles. The summed E-state index contributed by atoms with van der Waals surface area (Å²) in [4.78, 5) is 37.6. The van der Waals surface area contributed by atoms with Crippen molar-refractivity contribution in [1.82, 2.24) is 0 Å². The predicted molar refractivity (Wildman–Crippen MR) is 95.4 cm³/mol. The van der Waals surface area contributed by atoms with Crippen LogP contribution in [0, 0.1) is 5.41 Å². The van der Waals surface area contributed by atoms with Crippen molar-refractivity contribution in [2.24, 2.45) is 5.41 Å². The lowest BCUT2D eigenvalue weighted by atomic mass is 9.85. The Balaban J connectivity index is 3.32. The highest BCUT2D eigenvalue weighted by Gasteiger charge is 2.57. The second kappa shape index (κ2) is 10.1. The van der Waals surface area contributed by atoms with Gasteiger partial charge in [-0.3, -0.25) is 14.4 Å². The number of hydrogen-bond donors (Lipinski definition) is 0. The summed E-state index contributed by atoms with van der Waals surface area (Å²) < 4.78 is 39.8. The van der Waals surface area contributed by atoms with Gasteiger partial charge in [0.15, 0.2) is 9.84 Å². The number of carbonyl (C=O) groups excluding carboxylic acids is 3. The summed E-state index contributed by atoms with van der Waals surface area (Å²) in [7, 11) is -3.86.